The van der Waals surface area contributed by atoms with Gasteiger partial charge < -0.3 is 10.1 Å². The highest BCUT2D eigenvalue weighted by Crippen LogP contribution is 2.26. The molecule has 1 rings (SSSR count). The highest BCUT2D eigenvalue weighted by atomic mass is 16.5. The molecule has 0 heterocycles. The lowest BCUT2D eigenvalue weighted by Gasteiger charge is -2.31. The molecule has 2 atom stereocenters. The molecular formula is C12H21NO3. The van der Waals surface area contributed by atoms with E-state index in [0.717, 1.165) is 25.7 Å². The number of carbonyl (C=O) groups is 2. The first-order valence-corrected chi connectivity index (χ1v) is 6.16. The SMILES string of the molecule is CCOC(=O)C(=O)NC1CCCCC1CC. The monoisotopic (exact) mass is 227 g/mol. The van der Waals surface area contributed by atoms with Crippen molar-refractivity contribution < 1.29 is 14.3 Å². The molecule has 1 amide bonds. The van der Waals surface area contributed by atoms with Crippen LogP contribution in [-0.2, 0) is 14.3 Å². The summed E-state index contributed by atoms with van der Waals surface area (Å²) >= 11 is 0. The summed E-state index contributed by atoms with van der Waals surface area (Å²) in [5.74, 6) is -0.845. The normalized spacial score (nSPS) is 24.9. The van der Waals surface area contributed by atoms with Crippen molar-refractivity contribution in [3.05, 3.63) is 0 Å². The number of ether oxygens (including phenoxy) is 1. The van der Waals surface area contributed by atoms with Gasteiger partial charge >= 0.3 is 11.9 Å². The first kappa shape index (κ1) is 13.0. The minimum absolute atomic E-state index is 0.149. The summed E-state index contributed by atoms with van der Waals surface area (Å²) in [6, 6.07) is 0.149. The van der Waals surface area contributed by atoms with Crippen LogP contribution in [0.2, 0.25) is 0 Å². The van der Waals surface area contributed by atoms with E-state index in [-0.39, 0.29) is 12.6 Å². The van der Waals surface area contributed by atoms with Crippen molar-refractivity contribution >= 4 is 11.9 Å². The molecule has 4 nitrogen and oxygen atoms in total. The van der Waals surface area contributed by atoms with Crippen molar-refractivity contribution in [3.8, 4) is 0 Å². The van der Waals surface area contributed by atoms with E-state index in [2.05, 4.69) is 17.0 Å². The van der Waals surface area contributed by atoms with Gasteiger partial charge in [0.05, 0.1) is 6.61 Å². The standard InChI is InChI=1S/C12H21NO3/c1-3-9-7-5-6-8-10(9)13-11(14)12(15)16-4-2/h9-10H,3-8H2,1-2H3,(H,13,14). The van der Waals surface area contributed by atoms with E-state index in [9.17, 15) is 9.59 Å². The van der Waals surface area contributed by atoms with Gasteiger partial charge in [0.1, 0.15) is 0 Å². The fourth-order valence-electron chi connectivity index (χ4n) is 2.31. The summed E-state index contributed by atoms with van der Waals surface area (Å²) in [6.07, 6.45) is 5.52. The predicted octanol–water partition coefficient (Wildman–Crippen LogP) is 1.63. The molecule has 0 aromatic heterocycles. The third kappa shape index (κ3) is 3.51. The van der Waals surface area contributed by atoms with Gasteiger partial charge in [-0.25, -0.2) is 4.79 Å². The smallest absolute Gasteiger partial charge is 0.396 e. The Kier molecular flexibility index (Phi) is 5.29. The third-order valence-corrected chi connectivity index (χ3v) is 3.21. The van der Waals surface area contributed by atoms with Crippen LogP contribution in [0.3, 0.4) is 0 Å². The Morgan fingerprint density at radius 2 is 1.94 bits per heavy atom. The van der Waals surface area contributed by atoms with Crippen LogP contribution >= 0.6 is 0 Å². The zero-order valence-electron chi connectivity index (χ0n) is 10.1. The maximum atomic E-state index is 11.5. The summed E-state index contributed by atoms with van der Waals surface area (Å²) in [5, 5.41) is 2.79. The van der Waals surface area contributed by atoms with Crippen molar-refractivity contribution in [1.29, 1.82) is 0 Å². The van der Waals surface area contributed by atoms with Crippen LogP contribution in [0.25, 0.3) is 0 Å². The van der Waals surface area contributed by atoms with Gasteiger partial charge in [-0.1, -0.05) is 26.2 Å². The summed E-state index contributed by atoms with van der Waals surface area (Å²) in [6.45, 7) is 4.06. The van der Waals surface area contributed by atoms with Crippen molar-refractivity contribution in [1.82, 2.24) is 5.32 Å². The average molecular weight is 227 g/mol. The first-order chi connectivity index (χ1) is 7.69. The van der Waals surface area contributed by atoms with Gasteiger partial charge in [0, 0.05) is 6.04 Å². The molecule has 92 valence electrons. The van der Waals surface area contributed by atoms with Gasteiger partial charge in [0.2, 0.25) is 0 Å². The van der Waals surface area contributed by atoms with Crippen LogP contribution in [0, 0.1) is 5.92 Å². The predicted molar refractivity (Wildman–Crippen MR) is 60.8 cm³/mol. The molecule has 2 unspecified atom stereocenters. The topological polar surface area (TPSA) is 55.4 Å². The van der Waals surface area contributed by atoms with Gasteiger partial charge in [-0.05, 0) is 25.7 Å². The summed E-state index contributed by atoms with van der Waals surface area (Å²) in [5.41, 5.74) is 0. The van der Waals surface area contributed by atoms with E-state index in [1.54, 1.807) is 6.92 Å². The largest absolute Gasteiger partial charge is 0.459 e. The van der Waals surface area contributed by atoms with E-state index in [1.165, 1.54) is 6.42 Å². The molecule has 0 saturated heterocycles. The fraction of sp³-hybridized carbons (Fsp3) is 0.833. The Bertz CT molecular complexity index is 253. The maximum absolute atomic E-state index is 11.5. The lowest BCUT2D eigenvalue weighted by molar-refractivity contribution is -0.155. The number of rotatable bonds is 3. The number of esters is 1. The molecule has 0 aromatic rings. The Hall–Kier alpha value is -1.06. The van der Waals surface area contributed by atoms with Crippen LogP contribution in [-0.4, -0.2) is 24.5 Å². The molecule has 0 aliphatic heterocycles. The van der Waals surface area contributed by atoms with Gasteiger partial charge in [0.25, 0.3) is 0 Å². The van der Waals surface area contributed by atoms with E-state index in [1.807, 2.05) is 0 Å². The van der Waals surface area contributed by atoms with Gasteiger partial charge in [-0.3, -0.25) is 4.79 Å². The Morgan fingerprint density at radius 3 is 2.56 bits per heavy atom. The van der Waals surface area contributed by atoms with E-state index < -0.39 is 11.9 Å². The minimum Gasteiger partial charge on any atom is -0.459 e. The number of amides is 1. The molecule has 1 N–H and O–H groups in total. The first-order valence-electron chi connectivity index (χ1n) is 6.16. The highest BCUT2D eigenvalue weighted by molar-refractivity contribution is 6.32. The molecule has 1 fully saturated rings. The van der Waals surface area contributed by atoms with Crippen molar-refractivity contribution in [3.63, 3.8) is 0 Å². The molecule has 0 aromatic carbocycles. The minimum atomic E-state index is -0.761. The third-order valence-electron chi connectivity index (χ3n) is 3.21. The fourth-order valence-corrected chi connectivity index (χ4v) is 2.31. The second kappa shape index (κ2) is 6.51. The molecular weight excluding hydrogens is 206 g/mol. The van der Waals surface area contributed by atoms with Crippen LogP contribution in [0.1, 0.15) is 46.0 Å². The zero-order valence-corrected chi connectivity index (χ0v) is 10.1. The Morgan fingerprint density at radius 1 is 1.25 bits per heavy atom. The van der Waals surface area contributed by atoms with E-state index in [0.29, 0.717) is 5.92 Å². The molecule has 1 aliphatic rings. The number of carbonyl (C=O) groups excluding carboxylic acids is 2. The van der Waals surface area contributed by atoms with Crippen molar-refractivity contribution in [2.45, 2.75) is 52.0 Å². The van der Waals surface area contributed by atoms with Crippen LogP contribution < -0.4 is 5.32 Å². The summed E-state index contributed by atoms with van der Waals surface area (Å²) in [7, 11) is 0. The second-order valence-electron chi connectivity index (χ2n) is 4.25. The number of hydrogen-bond acceptors (Lipinski definition) is 3. The molecule has 0 bridgehead atoms. The quantitative estimate of drug-likeness (QED) is 0.589. The molecule has 1 aliphatic carbocycles. The van der Waals surface area contributed by atoms with Crippen LogP contribution in [0.4, 0.5) is 0 Å². The zero-order chi connectivity index (χ0) is 12.0. The Balaban J connectivity index is 2.44. The average Bonchev–Trinajstić information content (AvgIpc) is 2.30. The summed E-state index contributed by atoms with van der Waals surface area (Å²) < 4.78 is 4.66. The second-order valence-corrected chi connectivity index (χ2v) is 4.25. The number of hydrogen-bond donors (Lipinski definition) is 1. The molecule has 0 spiro atoms. The molecule has 4 heteroatoms. The molecule has 0 radical (unpaired) electrons. The maximum Gasteiger partial charge on any atom is 0.396 e. The molecule has 16 heavy (non-hydrogen) atoms. The Labute approximate surface area is 96.7 Å². The van der Waals surface area contributed by atoms with Crippen molar-refractivity contribution in [2.75, 3.05) is 6.61 Å². The highest BCUT2D eigenvalue weighted by Gasteiger charge is 2.27. The van der Waals surface area contributed by atoms with Crippen molar-refractivity contribution in [2.24, 2.45) is 5.92 Å². The van der Waals surface area contributed by atoms with Crippen LogP contribution in [0.15, 0.2) is 0 Å². The van der Waals surface area contributed by atoms with Gasteiger partial charge in [0.15, 0.2) is 0 Å². The lowest BCUT2D eigenvalue weighted by atomic mass is 9.83. The van der Waals surface area contributed by atoms with Crippen LogP contribution in [0.5, 0.6) is 0 Å². The molecule has 1 saturated carbocycles. The number of nitrogens with one attached hydrogen (secondary N) is 1. The van der Waals surface area contributed by atoms with Gasteiger partial charge in [-0.2, -0.15) is 0 Å². The van der Waals surface area contributed by atoms with E-state index in [4.69, 9.17) is 0 Å². The van der Waals surface area contributed by atoms with E-state index >= 15 is 0 Å². The van der Waals surface area contributed by atoms with Gasteiger partial charge in [-0.15, -0.1) is 0 Å². The summed E-state index contributed by atoms with van der Waals surface area (Å²) in [4.78, 5) is 22.7. The lowest BCUT2D eigenvalue weighted by Crippen LogP contribution is -2.45.